The quantitative estimate of drug-likeness (QED) is 0.793. The Labute approximate surface area is 113 Å². The monoisotopic (exact) mass is 266 g/mol. The molecule has 1 aromatic carbocycles. The SMILES string of the molecule is CC1CCCCCN1C(=O)c1ccc(N)cc1Cl. The van der Waals surface area contributed by atoms with Crippen molar-refractivity contribution < 1.29 is 4.79 Å². The molecular formula is C14H19ClN2O. The Morgan fingerprint density at radius 1 is 1.39 bits per heavy atom. The van der Waals surface area contributed by atoms with Crippen molar-refractivity contribution in [1.82, 2.24) is 4.90 Å². The van der Waals surface area contributed by atoms with Crippen molar-refractivity contribution >= 4 is 23.2 Å². The van der Waals surface area contributed by atoms with E-state index in [-0.39, 0.29) is 11.9 Å². The van der Waals surface area contributed by atoms with Crippen molar-refractivity contribution in [2.75, 3.05) is 12.3 Å². The Kier molecular flexibility index (Phi) is 4.12. The lowest BCUT2D eigenvalue weighted by molar-refractivity contribution is 0.0698. The van der Waals surface area contributed by atoms with Crippen LogP contribution in [0.4, 0.5) is 5.69 Å². The first-order valence-corrected chi connectivity index (χ1v) is 6.83. The molecule has 3 nitrogen and oxygen atoms in total. The van der Waals surface area contributed by atoms with Crippen molar-refractivity contribution in [2.45, 2.75) is 38.6 Å². The summed E-state index contributed by atoms with van der Waals surface area (Å²) >= 11 is 6.10. The Bertz CT molecular complexity index is 447. The van der Waals surface area contributed by atoms with Crippen molar-refractivity contribution in [3.8, 4) is 0 Å². The number of nitrogens with zero attached hydrogens (tertiary/aromatic N) is 1. The summed E-state index contributed by atoms with van der Waals surface area (Å²) < 4.78 is 0. The van der Waals surface area contributed by atoms with Crippen LogP contribution in [0.2, 0.25) is 5.02 Å². The van der Waals surface area contributed by atoms with E-state index in [1.165, 1.54) is 12.8 Å². The smallest absolute Gasteiger partial charge is 0.255 e. The van der Waals surface area contributed by atoms with Crippen molar-refractivity contribution in [3.63, 3.8) is 0 Å². The minimum Gasteiger partial charge on any atom is -0.399 e. The van der Waals surface area contributed by atoms with Gasteiger partial charge < -0.3 is 10.6 Å². The number of carbonyl (C=O) groups is 1. The van der Waals surface area contributed by atoms with Crippen LogP contribution in [0.15, 0.2) is 18.2 Å². The molecule has 1 aromatic rings. The number of anilines is 1. The zero-order valence-corrected chi connectivity index (χ0v) is 11.4. The Balaban J connectivity index is 2.23. The Hall–Kier alpha value is -1.22. The van der Waals surface area contributed by atoms with Gasteiger partial charge in [0.05, 0.1) is 10.6 Å². The summed E-state index contributed by atoms with van der Waals surface area (Å²) in [6, 6.07) is 5.37. The van der Waals surface area contributed by atoms with Crippen LogP contribution in [0.25, 0.3) is 0 Å². The van der Waals surface area contributed by atoms with Crippen LogP contribution in [-0.4, -0.2) is 23.4 Å². The van der Waals surface area contributed by atoms with Gasteiger partial charge in [-0.2, -0.15) is 0 Å². The highest BCUT2D eigenvalue weighted by atomic mass is 35.5. The molecule has 1 atom stereocenters. The molecule has 0 aliphatic carbocycles. The van der Waals surface area contributed by atoms with Gasteiger partial charge in [-0.05, 0) is 38.0 Å². The molecule has 0 radical (unpaired) electrons. The van der Waals surface area contributed by atoms with Gasteiger partial charge in [0.15, 0.2) is 0 Å². The highest BCUT2D eigenvalue weighted by molar-refractivity contribution is 6.34. The van der Waals surface area contributed by atoms with E-state index in [2.05, 4.69) is 6.92 Å². The van der Waals surface area contributed by atoms with Gasteiger partial charge >= 0.3 is 0 Å². The summed E-state index contributed by atoms with van der Waals surface area (Å²) in [6.45, 7) is 2.93. The molecule has 18 heavy (non-hydrogen) atoms. The third-order valence-corrected chi connectivity index (χ3v) is 3.85. The van der Waals surface area contributed by atoms with Gasteiger partial charge in [0, 0.05) is 18.3 Å². The molecule has 1 aliphatic heterocycles. The number of hydrogen-bond donors (Lipinski definition) is 1. The van der Waals surface area contributed by atoms with Crippen molar-refractivity contribution in [1.29, 1.82) is 0 Å². The van der Waals surface area contributed by atoms with E-state index in [0.29, 0.717) is 16.3 Å². The fourth-order valence-corrected chi connectivity index (χ4v) is 2.71. The molecule has 1 unspecified atom stereocenters. The van der Waals surface area contributed by atoms with Crippen LogP contribution in [0.3, 0.4) is 0 Å². The number of benzene rings is 1. The van der Waals surface area contributed by atoms with Gasteiger partial charge in [-0.3, -0.25) is 4.79 Å². The standard InChI is InChI=1S/C14H19ClN2O/c1-10-5-3-2-4-8-17(10)14(18)12-7-6-11(16)9-13(12)15/h6-7,9-10H,2-5,8,16H2,1H3. The second-order valence-electron chi connectivity index (χ2n) is 4.94. The summed E-state index contributed by atoms with van der Waals surface area (Å²) in [5.74, 6) is 0.0226. The largest absolute Gasteiger partial charge is 0.399 e. The van der Waals surface area contributed by atoms with E-state index in [4.69, 9.17) is 17.3 Å². The second-order valence-corrected chi connectivity index (χ2v) is 5.34. The maximum Gasteiger partial charge on any atom is 0.255 e. The van der Waals surface area contributed by atoms with Gasteiger partial charge in [-0.15, -0.1) is 0 Å². The maximum atomic E-state index is 12.5. The predicted molar refractivity (Wildman–Crippen MR) is 74.8 cm³/mol. The van der Waals surface area contributed by atoms with E-state index < -0.39 is 0 Å². The lowest BCUT2D eigenvalue weighted by Crippen LogP contribution is -2.38. The number of hydrogen-bond acceptors (Lipinski definition) is 2. The van der Waals surface area contributed by atoms with Crippen LogP contribution in [0.5, 0.6) is 0 Å². The maximum absolute atomic E-state index is 12.5. The van der Waals surface area contributed by atoms with Crippen LogP contribution >= 0.6 is 11.6 Å². The van der Waals surface area contributed by atoms with Gasteiger partial charge in [-0.25, -0.2) is 0 Å². The molecule has 2 N–H and O–H groups in total. The second kappa shape index (κ2) is 5.61. The number of nitrogen functional groups attached to an aromatic ring is 1. The van der Waals surface area contributed by atoms with E-state index >= 15 is 0 Å². The molecule has 0 saturated carbocycles. The lowest BCUT2D eigenvalue weighted by atomic mass is 10.1. The fourth-order valence-electron chi connectivity index (χ4n) is 2.44. The number of halogens is 1. The first-order chi connectivity index (χ1) is 8.59. The molecule has 0 bridgehead atoms. The minimum atomic E-state index is 0.0226. The Morgan fingerprint density at radius 3 is 2.89 bits per heavy atom. The van der Waals surface area contributed by atoms with Crippen molar-refractivity contribution in [3.05, 3.63) is 28.8 Å². The molecule has 0 spiro atoms. The van der Waals surface area contributed by atoms with Gasteiger partial charge in [0.25, 0.3) is 5.91 Å². The first kappa shape index (κ1) is 13.2. The van der Waals surface area contributed by atoms with Crippen LogP contribution < -0.4 is 5.73 Å². The summed E-state index contributed by atoms with van der Waals surface area (Å²) in [7, 11) is 0. The van der Waals surface area contributed by atoms with Gasteiger partial charge in [0.2, 0.25) is 0 Å². The summed E-state index contributed by atoms with van der Waals surface area (Å²) in [6.07, 6.45) is 4.53. The predicted octanol–water partition coefficient (Wildman–Crippen LogP) is 3.33. The molecule has 1 amide bonds. The highest BCUT2D eigenvalue weighted by Crippen LogP contribution is 2.24. The molecule has 0 aromatic heterocycles. The topological polar surface area (TPSA) is 46.3 Å². The zero-order valence-electron chi connectivity index (χ0n) is 10.7. The van der Waals surface area contributed by atoms with Crippen LogP contribution in [0, 0.1) is 0 Å². The van der Waals surface area contributed by atoms with Crippen LogP contribution in [0.1, 0.15) is 43.0 Å². The summed E-state index contributed by atoms with van der Waals surface area (Å²) in [5, 5.41) is 0.441. The van der Waals surface area contributed by atoms with E-state index in [1.807, 2.05) is 4.90 Å². The van der Waals surface area contributed by atoms with Crippen molar-refractivity contribution in [2.24, 2.45) is 0 Å². The number of likely N-dealkylation sites (tertiary alicyclic amines) is 1. The highest BCUT2D eigenvalue weighted by Gasteiger charge is 2.24. The molecule has 98 valence electrons. The third-order valence-electron chi connectivity index (χ3n) is 3.54. The number of amides is 1. The normalized spacial score (nSPS) is 20.6. The van der Waals surface area contributed by atoms with E-state index in [1.54, 1.807) is 18.2 Å². The zero-order chi connectivity index (χ0) is 13.1. The molecule has 4 heteroatoms. The molecular weight excluding hydrogens is 248 g/mol. The molecule has 1 saturated heterocycles. The third kappa shape index (κ3) is 2.78. The van der Waals surface area contributed by atoms with Gasteiger partial charge in [-0.1, -0.05) is 24.4 Å². The number of rotatable bonds is 1. The first-order valence-electron chi connectivity index (χ1n) is 6.45. The molecule has 1 aliphatic rings. The average Bonchev–Trinajstić information content (AvgIpc) is 2.53. The minimum absolute atomic E-state index is 0.0226. The fraction of sp³-hybridized carbons (Fsp3) is 0.500. The average molecular weight is 267 g/mol. The lowest BCUT2D eigenvalue weighted by Gasteiger charge is -2.27. The van der Waals surface area contributed by atoms with Crippen LogP contribution in [-0.2, 0) is 0 Å². The Morgan fingerprint density at radius 2 is 2.17 bits per heavy atom. The molecule has 1 fully saturated rings. The van der Waals surface area contributed by atoms with E-state index in [9.17, 15) is 4.79 Å². The molecule has 2 rings (SSSR count). The van der Waals surface area contributed by atoms with E-state index in [0.717, 1.165) is 19.4 Å². The van der Waals surface area contributed by atoms with Gasteiger partial charge in [0.1, 0.15) is 0 Å². The number of nitrogens with two attached hydrogens (primary N) is 1. The molecule has 1 heterocycles. The summed E-state index contributed by atoms with van der Waals surface area (Å²) in [4.78, 5) is 14.4. The number of carbonyl (C=O) groups excluding carboxylic acids is 1. The summed E-state index contributed by atoms with van der Waals surface area (Å²) in [5.41, 5.74) is 6.79.